The number of carbonyl (C=O) groups is 1. The number of methoxy groups -OCH3 is 1. The van der Waals surface area contributed by atoms with Crippen molar-refractivity contribution in [2.24, 2.45) is 0 Å². The van der Waals surface area contributed by atoms with E-state index in [4.69, 9.17) is 4.74 Å². The molecule has 1 amide bonds. The molecule has 0 fully saturated rings. The first-order valence-electron chi connectivity index (χ1n) is 11.1. The van der Waals surface area contributed by atoms with Gasteiger partial charge in [-0.15, -0.1) is 0 Å². The molecule has 0 aliphatic rings. The lowest BCUT2D eigenvalue weighted by Gasteiger charge is -2.17. The van der Waals surface area contributed by atoms with Crippen molar-refractivity contribution in [2.45, 2.75) is 19.4 Å². The quantitative estimate of drug-likeness (QED) is 0.352. The molecule has 9 heteroatoms. The Kier molecular flexibility index (Phi) is 7.03. The molecule has 3 aromatic heterocycles. The Morgan fingerprint density at radius 2 is 2.03 bits per heavy atom. The Bertz CT molecular complexity index is 1300. The molecule has 0 aliphatic heterocycles. The zero-order valence-corrected chi connectivity index (χ0v) is 19.4. The Balaban J connectivity index is 1.49. The second kappa shape index (κ2) is 10.3. The number of benzene rings is 1. The molecule has 4 aromatic rings. The summed E-state index contributed by atoms with van der Waals surface area (Å²) >= 11 is 0. The summed E-state index contributed by atoms with van der Waals surface area (Å²) in [6, 6.07) is 11.4. The number of aliphatic hydroxyl groups is 1. The highest BCUT2D eigenvalue weighted by atomic mass is 16.5. The van der Waals surface area contributed by atoms with Gasteiger partial charge in [-0.2, -0.15) is 0 Å². The number of amides is 1. The first-order chi connectivity index (χ1) is 16.5. The highest BCUT2D eigenvalue weighted by molar-refractivity contribution is 5.94. The number of pyridine rings is 1. The van der Waals surface area contributed by atoms with Gasteiger partial charge in [0.25, 0.3) is 5.91 Å². The normalized spacial score (nSPS) is 11.9. The van der Waals surface area contributed by atoms with Crippen LogP contribution in [0.1, 0.15) is 28.8 Å². The first kappa shape index (κ1) is 23.2. The monoisotopic (exact) mass is 460 g/mol. The van der Waals surface area contributed by atoms with E-state index in [1.165, 1.54) is 6.33 Å². The number of hydrogen-bond donors (Lipinski definition) is 3. The molecule has 0 spiro atoms. The van der Waals surface area contributed by atoms with Crippen LogP contribution in [-0.4, -0.2) is 57.8 Å². The molecule has 3 N–H and O–H groups in total. The second-order valence-corrected chi connectivity index (χ2v) is 7.98. The van der Waals surface area contributed by atoms with E-state index in [1.807, 2.05) is 35.0 Å². The van der Waals surface area contributed by atoms with Gasteiger partial charge in [0.15, 0.2) is 0 Å². The molecular weight excluding hydrogens is 432 g/mol. The SMILES string of the molecule is CNC(=O)c1ccc([C@H](C)CNc2cc(-c3cnc4c(ccn4CCO)c3)ncn2)c(OC)c1. The third kappa shape index (κ3) is 4.84. The van der Waals surface area contributed by atoms with Crippen molar-refractivity contribution < 1.29 is 14.6 Å². The second-order valence-electron chi connectivity index (χ2n) is 7.98. The fourth-order valence-electron chi connectivity index (χ4n) is 3.89. The summed E-state index contributed by atoms with van der Waals surface area (Å²) in [6.07, 6.45) is 5.23. The molecule has 0 unspecified atom stereocenters. The van der Waals surface area contributed by atoms with Gasteiger partial charge in [-0.3, -0.25) is 4.79 Å². The highest BCUT2D eigenvalue weighted by Gasteiger charge is 2.15. The predicted octanol–water partition coefficient (Wildman–Crippen LogP) is 3.07. The molecule has 0 bridgehead atoms. The lowest BCUT2D eigenvalue weighted by molar-refractivity contribution is 0.0962. The van der Waals surface area contributed by atoms with Crippen LogP contribution in [0.25, 0.3) is 22.3 Å². The molecule has 0 saturated heterocycles. The van der Waals surface area contributed by atoms with E-state index in [-0.39, 0.29) is 18.4 Å². The number of carbonyl (C=O) groups excluding carboxylic acids is 1. The zero-order chi connectivity index (χ0) is 24.1. The number of aliphatic hydroxyl groups excluding tert-OH is 1. The van der Waals surface area contributed by atoms with E-state index in [9.17, 15) is 9.90 Å². The maximum Gasteiger partial charge on any atom is 0.251 e. The maximum atomic E-state index is 11.9. The summed E-state index contributed by atoms with van der Waals surface area (Å²) in [5.74, 6) is 1.33. The van der Waals surface area contributed by atoms with Gasteiger partial charge in [-0.1, -0.05) is 13.0 Å². The topological polar surface area (TPSA) is 114 Å². The molecule has 0 aliphatic carbocycles. The molecule has 176 valence electrons. The van der Waals surface area contributed by atoms with Crippen molar-refractivity contribution in [3.05, 3.63) is 66.2 Å². The minimum Gasteiger partial charge on any atom is -0.496 e. The van der Waals surface area contributed by atoms with Crippen molar-refractivity contribution >= 4 is 22.8 Å². The number of aromatic nitrogens is 4. The third-order valence-electron chi connectivity index (χ3n) is 5.75. The molecule has 0 radical (unpaired) electrons. The lowest BCUT2D eigenvalue weighted by Crippen LogP contribution is -2.18. The number of anilines is 1. The first-order valence-corrected chi connectivity index (χ1v) is 11.1. The fourth-order valence-corrected chi connectivity index (χ4v) is 3.89. The van der Waals surface area contributed by atoms with E-state index in [0.29, 0.717) is 30.2 Å². The van der Waals surface area contributed by atoms with Crippen LogP contribution in [0, 0.1) is 0 Å². The largest absolute Gasteiger partial charge is 0.496 e. The van der Waals surface area contributed by atoms with Gasteiger partial charge < -0.3 is 25.0 Å². The van der Waals surface area contributed by atoms with Gasteiger partial charge in [0, 0.05) is 61.0 Å². The summed E-state index contributed by atoms with van der Waals surface area (Å²) in [5, 5.41) is 16.2. The molecular formula is C25H28N6O3. The fraction of sp³-hybridized carbons (Fsp3) is 0.280. The number of hydrogen-bond acceptors (Lipinski definition) is 7. The molecule has 3 heterocycles. The standard InChI is InChI=1S/C25H28N6O3/c1-16(20-5-4-18(25(33)26-2)11-22(20)34-3)13-27-23-12-21(29-15-30-23)19-10-17-6-7-31(8-9-32)24(17)28-14-19/h4-7,10-12,14-16,32H,8-9,13H2,1-3H3,(H,26,33)(H,27,29,30)/t16-/m1/s1. The van der Waals surface area contributed by atoms with Crippen molar-refractivity contribution in [1.82, 2.24) is 24.8 Å². The van der Waals surface area contributed by atoms with Crippen LogP contribution >= 0.6 is 0 Å². The van der Waals surface area contributed by atoms with Gasteiger partial charge >= 0.3 is 0 Å². The van der Waals surface area contributed by atoms with Crippen LogP contribution in [-0.2, 0) is 6.54 Å². The van der Waals surface area contributed by atoms with Gasteiger partial charge in [-0.05, 0) is 29.8 Å². The van der Waals surface area contributed by atoms with Crippen LogP contribution in [0.15, 0.2) is 55.1 Å². The van der Waals surface area contributed by atoms with E-state index >= 15 is 0 Å². The number of nitrogens with zero attached hydrogens (tertiary/aromatic N) is 4. The number of nitrogens with one attached hydrogen (secondary N) is 2. The van der Waals surface area contributed by atoms with E-state index < -0.39 is 0 Å². The van der Waals surface area contributed by atoms with Gasteiger partial charge in [-0.25, -0.2) is 15.0 Å². The Morgan fingerprint density at radius 1 is 1.18 bits per heavy atom. The molecule has 1 atom stereocenters. The summed E-state index contributed by atoms with van der Waals surface area (Å²) in [7, 11) is 3.21. The number of fused-ring (bicyclic) bond motifs is 1. The van der Waals surface area contributed by atoms with Gasteiger partial charge in [0.05, 0.1) is 19.4 Å². The third-order valence-corrected chi connectivity index (χ3v) is 5.75. The highest BCUT2D eigenvalue weighted by Crippen LogP contribution is 2.28. The Labute approximate surface area is 197 Å². The molecule has 0 saturated carbocycles. The minimum absolute atomic E-state index is 0.0661. The lowest BCUT2D eigenvalue weighted by atomic mass is 9.98. The molecule has 4 rings (SSSR count). The Hall–Kier alpha value is -3.98. The van der Waals surface area contributed by atoms with Crippen molar-refractivity contribution in [1.29, 1.82) is 0 Å². The van der Waals surface area contributed by atoms with Crippen LogP contribution in [0.2, 0.25) is 0 Å². The summed E-state index contributed by atoms with van der Waals surface area (Å²) in [6.45, 7) is 3.28. The van der Waals surface area contributed by atoms with Crippen molar-refractivity contribution in [3.63, 3.8) is 0 Å². The number of rotatable bonds is 9. The average Bonchev–Trinajstić information content (AvgIpc) is 3.28. The van der Waals surface area contributed by atoms with Crippen molar-refractivity contribution in [3.8, 4) is 17.0 Å². The number of ether oxygens (including phenoxy) is 1. The van der Waals surface area contributed by atoms with E-state index in [2.05, 4.69) is 32.5 Å². The van der Waals surface area contributed by atoms with E-state index in [1.54, 1.807) is 32.5 Å². The Morgan fingerprint density at radius 3 is 2.79 bits per heavy atom. The van der Waals surface area contributed by atoms with Crippen LogP contribution < -0.4 is 15.4 Å². The average molecular weight is 461 g/mol. The minimum atomic E-state index is -0.151. The predicted molar refractivity (Wildman–Crippen MR) is 131 cm³/mol. The molecule has 34 heavy (non-hydrogen) atoms. The zero-order valence-electron chi connectivity index (χ0n) is 19.4. The molecule has 9 nitrogen and oxygen atoms in total. The van der Waals surface area contributed by atoms with Crippen LogP contribution in [0.3, 0.4) is 0 Å². The van der Waals surface area contributed by atoms with E-state index in [0.717, 1.165) is 27.9 Å². The summed E-state index contributed by atoms with van der Waals surface area (Å²) in [5.41, 5.74) is 4.04. The van der Waals surface area contributed by atoms with Gasteiger partial charge in [0.1, 0.15) is 23.5 Å². The maximum absolute atomic E-state index is 11.9. The van der Waals surface area contributed by atoms with Gasteiger partial charge in [0.2, 0.25) is 0 Å². The van der Waals surface area contributed by atoms with Crippen LogP contribution in [0.4, 0.5) is 5.82 Å². The van der Waals surface area contributed by atoms with Crippen molar-refractivity contribution in [2.75, 3.05) is 32.6 Å². The van der Waals surface area contributed by atoms with Crippen LogP contribution in [0.5, 0.6) is 5.75 Å². The summed E-state index contributed by atoms with van der Waals surface area (Å²) in [4.78, 5) is 25.2. The smallest absolute Gasteiger partial charge is 0.251 e. The molecule has 1 aromatic carbocycles. The summed E-state index contributed by atoms with van der Waals surface area (Å²) < 4.78 is 7.45.